The third-order valence-corrected chi connectivity index (χ3v) is 3.54. The predicted molar refractivity (Wildman–Crippen MR) is 84.7 cm³/mol. The van der Waals surface area contributed by atoms with Crippen molar-refractivity contribution in [2.45, 2.75) is 6.18 Å². The maximum Gasteiger partial charge on any atom is 0.416 e. The average Bonchev–Trinajstić information content (AvgIpc) is 2.46. The number of nitrogens with one attached hydrogen (secondary N) is 1. The van der Waals surface area contributed by atoms with Crippen molar-refractivity contribution in [2.75, 3.05) is 11.9 Å². The molecule has 1 amide bonds. The van der Waals surface area contributed by atoms with Gasteiger partial charge >= 0.3 is 6.18 Å². The highest BCUT2D eigenvalue weighted by Crippen LogP contribution is 2.30. The molecule has 0 radical (unpaired) electrons. The zero-order valence-corrected chi connectivity index (χ0v) is 13.8. The highest BCUT2D eigenvalue weighted by molar-refractivity contribution is 9.10. The van der Waals surface area contributed by atoms with Crippen molar-refractivity contribution in [1.29, 1.82) is 0 Å². The van der Waals surface area contributed by atoms with Gasteiger partial charge in [0.15, 0.2) is 6.61 Å². The summed E-state index contributed by atoms with van der Waals surface area (Å²) >= 11 is 9.18. The largest absolute Gasteiger partial charge is 0.482 e. The van der Waals surface area contributed by atoms with E-state index in [0.29, 0.717) is 10.8 Å². The van der Waals surface area contributed by atoms with Crippen molar-refractivity contribution in [3.05, 3.63) is 57.5 Å². The molecule has 0 aliphatic rings. The number of carbonyl (C=O) groups is 1. The molecule has 2 aromatic carbocycles. The Balaban J connectivity index is 1.92. The third-order valence-electron chi connectivity index (χ3n) is 2.75. The molecule has 0 aromatic heterocycles. The molecule has 122 valence electrons. The summed E-state index contributed by atoms with van der Waals surface area (Å²) in [5.41, 5.74) is -0.540. The van der Waals surface area contributed by atoms with Crippen LogP contribution in [0.3, 0.4) is 0 Å². The van der Waals surface area contributed by atoms with Crippen molar-refractivity contribution in [3.63, 3.8) is 0 Å². The van der Waals surface area contributed by atoms with Gasteiger partial charge in [-0.1, -0.05) is 27.5 Å². The molecule has 0 aliphatic carbocycles. The molecular formula is C15H10BrClF3NO2. The summed E-state index contributed by atoms with van der Waals surface area (Å²) in [6.07, 6.45) is -4.41. The Morgan fingerprint density at radius 1 is 1.17 bits per heavy atom. The lowest BCUT2D eigenvalue weighted by Gasteiger charge is -2.10. The average molecular weight is 409 g/mol. The number of amides is 1. The smallest absolute Gasteiger partial charge is 0.416 e. The molecule has 0 aliphatic heterocycles. The lowest BCUT2D eigenvalue weighted by molar-refractivity contribution is -0.137. The maximum absolute atomic E-state index is 12.4. The first-order valence-electron chi connectivity index (χ1n) is 6.30. The van der Waals surface area contributed by atoms with E-state index in [1.54, 1.807) is 18.2 Å². The van der Waals surface area contributed by atoms with Gasteiger partial charge in [-0.3, -0.25) is 4.79 Å². The normalized spacial score (nSPS) is 11.2. The van der Waals surface area contributed by atoms with Crippen LogP contribution in [0.25, 0.3) is 0 Å². The Morgan fingerprint density at radius 3 is 2.39 bits per heavy atom. The Kier molecular flexibility index (Phi) is 5.54. The van der Waals surface area contributed by atoms with Gasteiger partial charge in [-0.15, -0.1) is 0 Å². The van der Waals surface area contributed by atoms with Gasteiger partial charge in [-0.2, -0.15) is 13.2 Å². The van der Waals surface area contributed by atoms with E-state index in [0.717, 1.165) is 16.6 Å². The van der Waals surface area contributed by atoms with Crippen LogP contribution < -0.4 is 10.1 Å². The molecule has 2 rings (SSSR count). The molecule has 0 saturated heterocycles. The van der Waals surface area contributed by atoms with Crippen LogP contribution in [0.5, 0.6) is 5.75 Å². The second kappa shape index (κ2) is 7.23. The number of halogens is 5. The summed E-state index contributed by atoms with van der Waals surface area (Å²) in [4.78, 5) is 11.7. The Bertz CT molecular complexity index is 705. The van der Waals surface area contributed by atoms with E-state index in [1.807, 2.05) is 0 Å². The van der Waals surface area contributed by atoms with Crippen LogP contribution in [0.4, 0.5) is 18.9 Å². The second-order valence-corrected chi connectivity index (χ2v) is 5.81. The molecule has 0 heterocycles. The summed E-state index contributed by atoms with van der Waals surface area (Å²) in [6, 6.07) is 9.04. The van der Waals surface area contributed by atoms with Crippen LogP contribution >= 0.6 is 27.5 Å². The molecule has 8 heteroatoms. The number of hydrogen-bond donors (Lipinski definition) is 1. The minimum atomic E-state index is -4.41. The minimum absolute atomic E-state index is 0.244. The van der Waals surface area contributed by atoms with E-state index in [2.05, 4.69) is 21.2 Å². The van der Waals surface area contributed by atoms with Crippen LogP contribution in [-0.2, 0) is 11.0 Å². The fourth-order valence-corrected chi connectivity index (χ4v) is 2.40. The number of anilines is 1. The van der Waals surface area contributed by atoms with E-state index in [1.165, 1.54) is 12.1 Å². The van der Waals surface area contributed by atoms with Crippen LogP contribution in [0.2, 0.25) is 5.02 Å². The zero-order chi connectivity index (χ0) is 17.0. The van der Waals surface area contributed by atoms with Crippen LogP contribution in [0.15, 0.2) is 46.9 Å². The first kappa shape index (κ1) is 17.6. The van der Waals surface area contributed by atoms with Crippen LogP contribution in [-0.4, -0.2) is 12.5 Å². The van der Waals surface area contributed by atoms with Crippen molar-refractivity contribution < 1.29 is 22.7 Å². The van der Waals surface area contributed by atoms with Gasteiger partial charge in [0.1, 0.15) is 5.75 Å². The number of alkyl halides is 3. The fraction of sp³-hybridized carbons (Fsp3) is 0.133. The monoisotopic (exact) mass is 407 g/mol. The molecule has 2 aromatic rings. The lowest BCUT2D eigenvalue weighted by Crippen LogP contribution is -2.20. The van der Waals surface area contributed by atoms with Gasteiger partial charge < -0.3 is 10.1 Å². The molecule has 23 heavy (non-hydrogen) atoms. The van der Waals surface area contributed by atoms with E-state index >= 15 is 0 Å². The van der Waals surface area contributed by atoms with Crippen molar-refractivity contribution in [1.82, 2.24) is 0 Å². The van der Waals surface area contributed by atoms with Crippen molar-refractivity contribution >= 4 is 39.1 Å². The molecule has 0 fully saturated rings. The minimum Gasteiger partial charge on any atom is -0.482 e. The Morgan fingerprint density at radius 2 is 1.83 bits per heavy atom. The lowest BCUT2D eigenvalue weighted by atomic mass is 10.2. The first-order valence-corrected chi connectivity index (χ1v) is 7.48. The molecular weight excluding hydrogens is 399 g/mol. The van der Waals surface area contributed by atoms with E-state index in [-0.39, 0.29) is 12.3 Å². The molecule has 0 bridgehead atoms. The number of rotatable bonds is 4. The molecule has 0 saturated carbocycles. The van der Waals surface area contributed by atoms with Crippen LogP contribution in [0, 0.1) is 0 Å². The Labute approximate surface area is 143 Å². The number of hydrogen-bond acceptors (Lipinski definition) is 2. The first-order chi connectivity index (χ1) is 10.8. The second-order valence-electron chi connectivity index (χ2n) is 4.49. The fourth-order valence-electron chi connectivity index (χ4n) is 1.68. The number of benzene rings is 2. The molecule has 0 spiro atoms. The van der Waals surface area contributed by atoms with Crippen molar-refractivity contribution in [2.24, 2.45) is 0 Å². The van der Waals surface area contributed by atoms with E-state index < -0.39 is 17.6 Å². The Hall–Kier alpha value is -1.73. The number of ether oxygens (including phenoxy) is 1. The van der Waals surface area contributed by atoms with Gasteiger partial charge in [-0.25, -0.2) is 0 Å². The van der Waals surface area contributed by atoms with Gasteiger partial charge in [0, 0.05) is 10.2 Å². The summed E-state index contributed by atoms with van der Waals surface area (Å²) in [7, 11) is 0. The molecule has 1 N–H and O–H groups in total. The summed E-state index contributed by atoms with van der Waals surface area (Å²) in [6.45, 7) is -0.317. The van der Waals surface area contributed by atoms with Crippen molar-refractivity contribution in [3.8, 4) is 5.75 Å². The highest BCUT2D eigenvalue weighted by atomic mass is 79.9. The zero-order valence-electron chi connectivity index (χ0n) is 11.5. The van der Waals surface area contributed by atoms with Gasteiger partial charge in [0.2, 0.25) is 0 Å². The maximum atomic E-state index is 12.4. The molecule has 0 unspecified atom stereocenters. The number of carbonyl (C=O) groups excluding carboxylic acids is 1. The summed E-state index contributed by atoms with van der Waals surface area (Å²) in [5.74, 6) is -0.179. The van der Waals surface area contributed by atoms with Gasteiger partial charge in [0.05, 0.1) is 10.6 Å². The van der Waals surface area contributed by atoms with Crippen LogP contribution in [0.1, 0.15) is 5.56 Å². The summed E-state index contributed by atoms with van der Waals surface area (Å²) in [5, 5.41) is 2.77. The quantitative estimate of drug-likeness (QED) is 0.761. The topological polar surface area (TPSA) is 38.3 Å². The predicted octanol–water partition coefficient (Wildman–Crippen LogP) is 5.14. The van der Waals surface area contributed by atoms with Gasteiger partial charge in [-0.05, 0) is 42.5 Å². The van der Waals surface area contributed by atoms with Gasteiger partial charge in [0.25, 0.3) is 5.91 Å². The van der Waals surface area contributed by atoms with E-state index in [9.17, 15) is 18.0 Å². The van der Waals surface area contributed by atoms with E-state index in [4.69, 9.17) is 16.3 Å². The standard InChI is InChI=1S/C15H10BrClF3NO2/c16-10-3-6-13(12(17)7-10)23-8-14(22)21-11-4-1-9(2-5-11)15(18,19)20/h1-7H,8H2,(H,21,22). The summed E-state index contributed by atoms with van der Waals surface area (Å²) < 4.78 is 43.3. The third kappa shape index (κ3) is 5.14. The SMILES string of the molecule is O=C(COc1ccc(Br)cc1Cl)Nc1ccc(C(F)(F)F)cc1. The molecule has 0 atom stereocenters. The molecule has 3 nitrogen and oxygen atoms in total. The highest BCUT2D eigenvalue weighted by Gasteiger charge is 2.29.